The number of nitrogens with one attached hydrogen (secondary N) is 2. The molecule has 0 atom stereocenters. The summed E-state index contributed by atoms with van der Waals surface area (Å²) in [6, 6.07) is 1.75. The summed E-state index contributed by atoms with van der Waals surface area (Å²) >= 11 is 0. The van der Waals surface area contributed by atoms with Gasteiger partial charge in [-0.25, -0.2) is 0 Å². The molecule has 1 aromatic rings. The summed E-state index contributed by atoms with van der Waals surface area (Å²) in [5.74, 6) is -0.0578. The Morgan fingerprint density at radius 2 is 1.90 bits per heavy atom. The topological polar surface area (TPSA) is 54.0 Å². The van der Waals surface area contributed by atoms with E-state index in [1.54, 1.807) is 18.5 Å². The van der Waals surface area contributed by atoms with Crippen LogP contribution in [0.1, 0.15) is 58.3 Å². The van der Waals surface area contributed by atoms with Crippen LogP contribution in [0.15, 0.2) is 18.5 Å². The van der Waals surface area contributed by atoms with Crippen LogP contribution in [0.3, 0.4) is 0 Å². The second-order valence-electron chi connectivity index (χ2n) is 7.03. The maximum atomic E-state index is 12.5. The minimum absolute atomic E-state index is 0.0578. The first-order valence-corrected chi connectivity index (χ1v) is 7.15. The Hall–Kier alpha value is -1.58. The minimum atomic E-state index is -0.248. The van der Waals surface area contributed by atoms with E-state index < -0.39 is 0 Å². The lowest BCUT2D eigenvalue weighted by atomic mass is 9.81. The largest absolute Gasteiger partial charge is 0.383 e. The lowest BCUT2D eigenvalue weighted by Gasteiger charge is -2.33. The highest BCUT2D eigenvalue weighted by atomic mass is 16.1. The minimum Gasteiger partial charge on any atom is -0.383 e. The van der Waals surface area contributed by atoms with Crippen molar-refractivity contribution in [3.63, 3.8) is 0 Å². The highest BCUT2D eigenvalue weighted by molar-refractivity contribution is 5.99. The molecular weight excluding hydrogens is 250 g/mol. The van der Waals surface area contributed by atoms with Crippen LogP contribution in [-0.2, 0) is 0 Å². The summed E-state index contributed by atoms with van der Waals surface area (Å²) in [5.41, 5.74) is 1.34. The van der Waals surface area contributed by atoms with E-state index >= 15 is 0 Å². The van der Waals surface area contributed by atoms with Crippen LogP contribution < -0.4 is 10.6 Å². The van der Waals surface area contributed by atoms with E-state index in [0.29, 0.717) is 5.56 Å². The van der Waals surface area contributed by atoms with Crippen molar-refractivity contribution in [1.82, 2.24) is 10.3 Å². The molecule has 0 fully saturated rings. The number of hydrogen-bond acceptors (Lipinski definition) is 3. The SMILES string of the molecule is CCNc1cnccc1C(=O)NC(C)(C)CC(C)(C)C. The second kappa shape index (κ2) is 6.25. The lowest BCUT2D eigenvalue weighted by molar-refractivity contribution is 0.0892. The van der Waals surface area contributed by atoms with E-state index in [-0.39, 0.29) is 16.9 Å². The number of hydrogen-bond donors (Lipinski definition) is 2. The molecule has 4 heteroatoms. The Morgan fingerprint density at radius 1 is 1.25 bits per heavy atom. The fourth-order valence-corrected chi connectivity index (χ4v) is 2.67. The van der Waals surface area contributed by atoms with Gasteiger partial charge in [-0.2, -0.15) is 0 Å². The Balaban J connectivity index is 2.86. The molecule has 4 nitrogen and oxygen atoms in total. The van der Waals surface area contributed by atoms with Gasteiger partial charge in [0.2, 0.25) is 0 Å². The quantitative estimate of drug-likeness (QED) is 0.866. The Labute approximate surface area is 122 Å². The monoisotopic (exact) mass is 277 g/mol. The molecule has 1 aromatic heterocycles. The van der Waals surface area contributed by atoms with Gasteiger partial charge in [-0.1, -0.05) is 20.8 Å². The van der Waals surface area contributed by atoms with Crippen LogP contribution >= 0.6 is 0 Å². The number of carbonyl (C=O) groups is 1. The molecule has 20 heavy (non-hydrogen) atoms. The van der Waals surface area contributed by atoms with Crippen LogP contribution in [0.2, 0.25) is 0 Å². The first-order valence-electron chi connectivity index (χ1n) is 7.15. The number of carbonyl (C=O) groups excluding carboxylic acids is 1. The van der Waals surface area contributed by atoms with Crippen molar-refractivity contribution < 1.29 is 4.79 Å². The predicted molar refractivity (Wildman–Crippen MR) is 84.0 cm³/mol. The van der Waals surface area contributed by atoms with E-state index in [0.717, 1.165) is 18.7 Å². The molecule has 0 aromatic carbocycles. The smallest absolute Gasteiger partial charge is 0.253 e. The van der Waals surface area contributed by atoms with E-state index in [1.807, 2.05) is 6.92 Å². The number of pyridine rings is 1. The summed E-state index contributed by atoms with van der Waals surface area (Å²) in [7, 11) is 0. The molecule has 112 valence electrons. The average Bonchev–Trinajstić information content (AvgIpc) is 2.25. The van der Waals surface area contributed by atoms with Gasteiger partial charge in [-0.3, -0.25) is 9.78 Å². The van der Waals surface area contributed by atoms with Crippen molar-refractivity contribution in [3.8, 4) is 0 Å². The van der Waals surface area contributed by atoms with Crippen molar-refractivity contribution in [2.24, 2.45) is 5.41 Å². The number of aromatic nitrogens is 1. The van der Waals surface area contributed by atoms with E-state index in [1.165, 1.54) is 0 Å². The molecule has 0 aliphatic carbocycles. The van der Waals surface area contributed by atoms with Gasteiger partial charge in [0.25, 0.3) is 5.91 Å². The zero-order valence-corrected chi connectivity index (χ0v) is 13.5. The molecule has 0 saturated carbocycles. The fraction of sp³-hybridized carbons (Fsp3) is 0.625. The molecule has 0 bridgehead atoms. The molecular formula is C16H27N3O. The molecule has 0 aliphatic heterocycles. The van der Waals surface area contributed by atoms with Gasteiger partial charge in [-0.05, 0) is 38.7 Å². The maximum absolute atomic E-state index is 12.5. The van der Waals surface area contributed by atoms with E-state index in [4.69, 9.17) is 0 Å². The fourth-order valence-electron chi connectivity index (χ4n) is 2.67. The first-order chi connectivity index (χ1) is 9.14. The molecule has 1 heterocycles. The third-order valence-electron chi connectivity index (χ3n) is 2.86. The summed E-state index contributed by atoms with van der Waals surface area (Å²) in [5, 5.41) is 6.29. The van der Waals surface area contributed by atoms with Gasteiger partial charge in [0.05, 0.1) is 17.4 Å². The van der Waals surface area contributed by atoms with Crippen molar-refractivity contribution in [2.45, 2.75) is 53.5 Å². The van der Waals surface area contributed by atoms with Crippen molar-refractivity contribution in [1.29, 1.82) is 0 Å². The summed E-state index contributed by atoms with van der Waals surface area (Å²) in [4.78, 5) is 16.5. The molecule has 1 amide bonds. The maximum Gasteiger partial charge on any atom is 0.253 e. The molecule has 0 aliphatic rings. The molecule has 0 saturated heterocycles. The van der Waals surface area contributed by atoms with Crippen LogP contribution in [-0.4, -0.2) is 23.0 Å². The lowest BCUT2D eigenvalue weighted by Crippen LogP contribution is -2.46. The number of amides is 1. The van der Waals surface area contributed by atoms with Crippen molar-refractivity contribution >= 4 is 11.6 Å². The van der Waals surface area contributed by atoms with Gasteiger partial charge in [0.1, 0.15) is 0 Å². The summed E-state index contributed by atoms with van der Waals surface area (Å²) in [6.45, 7) is 13.4. The average molecular weight is 277 g/mol. The number of nitrogens with zero attached hydrogens (tertiary/aromatic N) is 1. The predicted octanol–water partition coefficient (Wildman–Crippen LogP) is 3.46. The molecule has 0 radical (unpaired) electrons. The number of rotatable bonds is 5. The molecule has 0 unspecified atom stereocenters. The van der Waals surface area contributed by atoms with Crippen LogP contribution in [0, 0.1) is 5.41 Å². The second-order valence-corrected chi connectivity index (χ2v) is 7.03. The first kappa shape index (κ1) is 16.5. The molecule has 2 N–H and O–H groups in total. The standard InChI is InChI=1S/C16H27N3O/c1-7-18-13-10-17-9-8-12(13)14(20)19-16(5,6)11-15(2,3)4/h8-10,18H,7,11H2,1-6H3,(H,19,20). The van der Waals surface area contributed by atoms with Gasteiger partial charge in [0.15, 0.2) is 0 Å². The zero-order chi connectivity index (χ0) is 15.4. The Kier molecular flexibility index (Phi) is 5.15. The Bertz CT molecular complexity index is 461. The normalized spacial score (nSPS) is 12.1. The van der Waals surface area contributed by atoms with Gasteiger partial charge in [-0.15, -0.1) is 0 Å². The number of anilines is 1. The van der Waals surface area contributed by atoms with Crippen LogP contribution in [0.4, 0.5) is 5.69 Å². The van der Waals surface area contributed by atoms with Crippen LogP contribution in [0.25, 0.3) is 0 Å². The van der Waals surface area contributed by atoms with Crippen molar-refractivity contribution in [3.05, 3.63) is 24.0 Å². The highest BCUT2D eigenvalue weighted by Crippen LogP contribution is 2.27. The Morgan fingerprint density at radius 3 is 2.45 bits per heavy atom. The third kappa shape index (κ3) is 5.19. The van der Waals surface area contributed by atoms with Gasteiger partial charge >= 0.3 is 0 Å². The molecule has 1 rings (SSSR count). The summed E-state index contributed by atoms with van der Waals surface area (Å²) < 4.78 is 0. The summed E-state index contributed by atoms with van der Waals surface area (Å²) in [6.07, 6.45) is 4.25. The highest BCUT2D eigenvalue weighted by Gasteiger charge is 2.27. The van der Waals surface area contributed by atoms with Gasteiger partial charge in [0, 0.05) is 18.3 Å². The molecule has 0 spiro atoms. The van der Waals surface area contributed by atoms with E-state index in [2.05, 4.69) is 50.2 Å². The van der Waals surface area contributed by atoms with Gasteiger partial charge < -0.3 is 10.6 Å². The zero-order valence-electron chi connectivity index (χ0n) is 13.5. The van der Waals surface area contributed by atoms with E-state index in [9.17, 15) is 4.79 Å². The van der Waals surface area contributed by atoms with Crippen LogP contribution in [0.5, 0.6) is 0 Å². The van der Waals surface area contributed by atoms with Crippen molar-refractivity contribution in [2.75, 3.05) is 11.9 Å². The third-order valence-corrected chi connectivity index (χ3v) is 2.86.